The summed E-state index contributed by atoms with van der Waals surface area (Å²) in [6.07, 6.45) is 0. The van der Waals surface area contributed by atoms with Gasteiger partial charge in [0.05, 0.1) is 0 Å². The zero-order valence-corrected chi connectivity index (χ0v) is 15.4. The van der Waals surface area contributed by atoms with Crippen LogP contribution in [0.2, 0.25) is 0 Å². The second-order valence-electron chi connectivity index (χ2n) is 6.46. The fourth-order valence-electron chi connectivity index (χ4n) is 2.90. The zero-order valence-electron chi connectivity index (χ0n) is 15.4. The van der Waals surface area contributed by atoms with Crippen LogP contribution < -0.4 is 15.8 Å². The molecular formula is C23H18N2O4. The van der Waals surface area contributed by atoms with E-state index in [0.717, 1.165) is 16.5 Å². The summed E-state index contributed by atoms with van der Waals surface area (Å²) >= 11 is 0. The molecule has 0 spiro atoms. The van der Waals surface area contributed by atoms with E-state index in [9.17, 15) is 9.59 Å². The van der Waals surface area contributed by atoms with Gasteiger partial charge in [0.15, 0.2) is 5.76 Å². The highest BCUT2D eigenvalue weighted by atomic mass is 16.5. The lowest BCUT2D eigenvalue weighted by atomic mass is 10.1. The first-order chi connectivity index (χ1) is 14.1. The first-order valence-electron chi connectivity index (χ1n) is 9.00. The molecule has 6 heteroatoms. The summed E-state index contributed by atoms with van der Waals surface area (Å²) in [6, 6.07) is 23.5. The third-order valence-corrected chi connectivity index (χ3v) is 4.41. The number of furan rings is 1. The minimum Gasteiger partial charge on any atom is -0.486 e. The summed E-state index contributed by atoms with van der Waals surface area (Å²) in [5, 5.41) is 4.94. The van der Waals surface area contributed by atoms with Crippen molar-refractivity contribution >= 4 is 28.3 Å². The number of hydrogen-bond donors (Lipinski definition) is 2. The SMILES string of the molecule is NC(=O)c1ccc(NC(=O)c2ccc(COc3ccc4ccccc4c3)o2)cc1. The van der Waals surface area contributed by atoms with Crippen molar-refractivity contribution in [2.45, 2.75) is 6.61 Å². The van der Waals surface area contributed by atoms with E-state index in [0.29, 0.717) is 17.0 Å². The van der Waals surface area contributed by atoms with Crippen LogP contribution in [0.1, 0.15) is 26.7 Å². The number of benzene rings is 3. The Hall–Kier alpha value is -4.06. The molecule has 0 radical (unpaired) electrons. The lowest BCUT2D eigenvalue weighted by molar-refractivity contribution is 0.0988. The Kier molecular flexibility index (Phi) is 4.99. The zero-order chi connectivity index (χ0) is 20.2. The molecule has 29 heavy (non-hydrogen) atoms. The van der Waals surface area contributed by atoms with Crippen molar-refractivity contribution in [3.8, 4) is 5.75 Å². The van der Waals surface area contributed by atoms with Gasteiger partial charge < -0.3 is 20.2 Å². The number of amides is 2. The molecule has 6 nitrogen and oxygen atoms in total. The highest BCUT2D eigenvalue weighted by molar-refractivity contribution is 6.02. The van der Waals surface area contributed by atoms with Crippen molar-refractivity contribution in [2.24, 2.45) is 5.73 Å². The van der Waals surface area contributed by atoms with Crippen molar-refractivity contribution in [3.05, 3.63) is 95.9 Å². The minimum atomic E-state index is -0.523. The molecule has 2 amide bonds. The Bertz CT molecular complexity index is 1180. The number of nitrogens with one attached hydrogen (secondary N) is 1. The normalized spacial score (nSPS) is 10.6. The topological polar surface area (TPSA) is 94.6 Å². The van der Waals surface area contributed by atoms with Gasteiger partial charge in [-0.2, -0.15) is 0 Å². The molecule has 0 fully saturated rings. The molecule has 3 N–H and O–H groups in total. The summed E-state index contributed by atoms with van der Waals surface area (Å²) in [4.78, 5) is 23.4. The molecule has 0 saturated carbocycles. The van der Waals surface area contributed by atoms with Crippen LogP contribution in [0.3, 0.4) is 0 Å². The number of anilines is 1. The highest BCUT2D eigenvalue weighted by Crippen LogP contribution is 2.22. The van der Waals surface area contributed by atoms with Gasteiger partial charge in [-0.1, -0.05) is 30.3 Å². The molecule has 0 unspecified atom stereocenters. The van der Waals surface area contributed by atoms with Crippen LogP contribution >= 0.6 is 0 Å². The fourth-order valence-corrected chi connectivity index (χ4v) is 2.90. The van der Waals surface area contributed by atoms with Crippen LogP contribution in [0.15, 0.2) is 83.3 Å². The van der Waals surface area contributed by atoms with Gasteiger partial charge in [-0.05, 0) is 59.3 Å². The van der Waals surface area contributed by atoms with Crippen molar-refractivity contribution in [2.75, 3.05) is 5.32 Å². The van der Waals surface area contributed by atoms with Crippen molar-refractivity contribution in [1.82, 2.24) is 0 Å². The molecule has 0 saturated heterocycles. The Morgan fingerprint density at radius 2 is 1.66 bits per heavy atom. The van der Waals surface area contributed by atoms with E-state index in [4.69, 9.17) is 14.9 Å². The fraction of sp³-hybridized carbons (Fsp3) is 0.0435. The molecule has 144 valence electrons. The van der Waals surface area contributed by atoms with Crippen LogP contribution in [-0.2, 0) is 6.61 Å². The number of rotatable bonds is 6. The number of hydrogen-bond acceptors (Lipinski definition) is 4. The second kappa shape index (κ2) is 7.90. The average molecular weight is 386 g/mol. The van der Waals surface area contributed by atoms with E-state index in [1.807, 2.05) is 42.5 Å². The Morgan fingerprint density at radius 3 is 2.41 bits per heavy atom. The Balaban J connectivity index is 1.38. The maximum Gasteiger partial charge on any atom is 0.291 e. The Labute approximate surface area is 166 Å². The maximum atomic E-state index is 12.3. The third-order valence-electron chi connectivity index (χ3n) is 4.41. The van der Waals surface area contributed by atoms with Gasteiger partial charge in [-0.3, -0.25) is 9.59 Å². The van der Waals surface area contributed by atoms with Gasteiger partial charge in [-0.15, -0.1) is 0 Å². The van der Waals surface area contributed by atoms with Gasteiger partial charge in [0, 0.05) is 11.3 Å². The molecule has 0 aliphatic rings. The minimum absolute atomic E-state index is 0.168. The molecule has 1 heterocycles. The van der Waals surface area contributed by atoms with Crippen molar-refractivity contribution in [3.63, 3.8) is 0 Å². The average Bonchev–Trinajstić information content (AvgIpc) is 3.22. The van der Waals surface area contributed by atoms with Gasteiger partial charge >= 0.3 is 0 Å². The number of carbonyl (C=O) groups excluding carboxylic acids is 2. The quantitative estimate of drug-likeness (QED) is 0.515. The molecule has 0 aliphatic carbocycles. The van der Waals surface area contributed by atoms with Crippen LogP contribution in [0.4, 0.5) is 5.69 Å². The number of fused-ring (bicyclic) bond motifs is 1. The van der Waals surface area contributed by atoms with Gasteiger partial charge in [-0.25, -0.2) is 0 Å². The molecule has 4 aromatic rings. The van der Waals surface area contributed by atoms with Crippen LogP contribution in [0, 0.1) is 0 Å². The summed E-state index contributed by atoms with van der Waals surface area (Å²) in [7, 11) is 0. The molecule has 3 aromatic carbocycles. The summed E-state index contributed by atoms with van der Waals surface area (Å²) < 4.78 is 11.4. The third kappa shape index (κ3) is 4.27. The molecular weight excluding hydrogens is 368 g/mol. The lowest BCUT2D eigenvalue weighted by Gasteiger charge is -2.06. The maximum absolute atomic E-state index is 12.3. The molecule has 0 bridgehead atoms. The van der Waals surface area contributed by atoms with Crippen LogP contribution in [-0.4, -0.2) is 11.8 Å². The largest absolute Gasteiger partial charge is 0.486 e. The van der Waals surface area contributed by atoms with E-state index in [2.05, 4.69) is 5.32 Å². The van der Waals surface area contributed by atoms with Crippen molar-refractivity contribution < 1.29 is 18.7 Å². The first-order valence-corrected chi connectivity index (χ1v) is 9.00. The summed E-state index contributed by atoms with van der Waals surface area (Å²) in [5.74, 6) is 0.507. The van der Waals surface area contributed by atoms with E-state index < -0.39 is 11.8 Å². The number of primary amides is 1. The number of nitrogens with two attached hydrogens (primary N) is 1. The van der Waals surface area contributed by atoms with Crippen LogP contribution in [0.25, 0.3) is 10.8 Å². The molecule has 4 rings (SSSR count). The second-order valence-corrected chi connectivity index (χ2v) is 6.46. The Morgan fingerprint density at radius 1 is 0.897 bits per heavy atom. The highest BCUT2D eigenvalue weighted by Gasteiger charge is 2.12. The predicted octanol–water partition coefficient (Wildman–Crippen LogP) is 4.36. The van der Waals surface area contributed by atoms with E-state index >= 15 is 0 Å². The van der Waals surface area contributed by atoms with Gasteiger partial charge in [0.1, 0.15) is 18.1 Å². The van der Waals surface area contributed by atoms with E-state index in [1.165, 1.54) is 0 Å². The van der Waals surface area contributed by atoms with Crippen LogP contribution in [0.5, 0.6) is 5.75 Å². The summed E-state index contributed by atoms with van der Waals surface area (Å²) in [6.45, 7) is 0.207. The smallest absolute Gasteiger partial charge is 0.291 e. The summed E-state index contributed by atoms with van der Waals surface area (Å²) in [5.41, 5.74) is 6.11. The lowest BCUT2D eigenvalue weighted by Crippen LogP contribution is -2.13. The number of ether oxygens (including phenoxy) is 1. The van der Waals surface area contributed by atoms with Gasteiger partial charge in [0.2, 0.25) is 5.91 Å². The number of carbonyl (C=O) groups is 2. The van der Waals surface area contributed by atoms with Crippen molar-refractivity contribution in [1.29, 1.82) is 0 Å². The monoisotopic (exact) mass is 386 g/mol. The van der Waals surface area contributed by atoms with E-state index in [-0.39, 0.29) is 12.4 Å². The molecule has 0 aliphatic heterocycles. The standard InChI is InChI=1S/C23H18N2O4/c24-22(26)16-5-8-18(9-6-16)25-23(27)21-12-11-20(29-21)14-28-19-10-7-15-3-1-2-4-17(15)13-19/h1-13H,14H2,(H2,24,26)(H,25,27). The predicted molar refractivity (Wildman–Crippen MR) is 110 cm³/mol. The first kappa shape index (κ1) is 18.3. The molecule has 0 atom stereocenters. The molecule has 1 aromatic heterocycles. The van der Waals surface area contributed by atoms with Gasteiger partial charge in [0.25, 0.3) is 5.91 Å². The van der Waals surface area contributed by atoms with E-state index in [1.54, 1.807) is 36.4 Å².